The number of ether oxygens (including phenoxy) is 4. The quantitative estimate of drug-likeness (QED) is 0.316. The molecule has 0 unspecified atom stereocenters. The highest BCUT2D eigenvalue weighted by Gasteiger charge is 2.46. The van der Waals surface area contributed by atoms with E-state index in [0.29, 0.717) is 5.56 Å². The number of benzene rings is 2. The van der Waals surface area contributed by atoms with Crippen molar-refractivity contribution in [2.24, 2.45) is 0 Å². The minimum Gasteiger partial charge on any atom is -0.451 e. The van der Waals surface area contributed by atoms with Crippen molar-refractivity contribution in [3.8, 4) is 5.75 Å². The molecule has 1 amide bonds. The summed E-state index contributed by atoms with van der Waals surface area (Å²) in [5.41, 5.74) is 0.821. The smallest absolute Gasteiger partial charge is 0.451 e. The Morgan fingerprint density at radius 3 is 2.74 bits per heavy atom. The first-order valence-electron chi connectivity index (χ1n) is 13.3. The zero-order valence-electron chi connectivity index (χ0n) is 22.7. The Morgan fingerprint density at radius 1 is 1.12 bits per heavy atom. The Hall–Kier alpha value is -4.10. The van der Waals surface area contributed by atoms with Gasteiger partial charge in [0.05, 0.1) is 25.4 Å². The largest absolute Gasteiger partial charge is 0.511 e. The van der Waals surface area contributed by atoms with Gasteiger partial charge in [-0.1, -0.05) is 24.3 Å². The summed E-state index contributed by atoms with van der Waals surface area (Å²) < 4.78 is 52.6. The van der Waals surface area contributed by atoms with Crippen molar-refractivity contribution in [3.63, 3.8) is 0 Å². The van der Waals surface area contributed by atoms with Gasteiger partial charge in [-0.2, -0.15) is 0 Å². The average molecular weight is 600 g/mol. The van der Waals surface area contributed by atoms with E-state index < -0.39 is 54.2 Å². The van der Waals surface area contributed by atoms with Crippen LogP contribution in [0.25, 0.3) is 0 Å². The number of carbonyl (C=O) groups excluding carboxylic acids is 2. The lowest BCUT2D eigenvalue weighted by atomic mass is 9.93. The van der Waals surface area contributed by atoms with Crippen LogP contribution >= 0.6 is 11.8 Å². The number of amides is 1. The van der Waals surface area contributed by atoms with Gasteiger partial charge in [0.15, 0.2) is 17.3 Å². The van der Waals surface area contributed by atoms with Gasteiger partial charge in [0, 0.05) is 35.0 Å². The zero-order valence-corrected chi connectivity index (χ0v) is 23.6. The lowest BCUT2D eigenvalue weighted by Crippen LogP contribution is -2.66. The van der Waals surface area contributed by atoms with E-state index in [4.69, 9.17) is 18.9 Å². The number of aromatic nitrogens is 1. The summed E-state index contributed by atoms with van der Waals surface area (Å²) in [5, 5.41) is 1.83. The Morgan fingerprint density at radius 2 is 1.93 bits per heavy atom. The van der Waals surface area contributed by atoms with E-state index in [2.05, 4.69) is 0 Å². The van der Waals surface area contributed by atoms with E-state index in [9.17, 15) is 18.8 Å². The molecule has 0 spiro atoms. The van der Waals surface area contributed by atoms with Crippen molar-refractivity contribution in [2.45, 2.75) is 42.8 Å². The molecule has 0 N–H and O–H groups in total. The van der Waals surface area contributed by atoms with Crippen molar-refractivity contribution in [3.05, 3.63) is 92.9 Å². The maximum absolute atomic E-state index is 15.3. The number of nitrogens with zero attached hydrogens (tertiary/aromatic N) is 3. The third kappa shape index (κ3) is 4.86. The number of hydrogen-bond acceptors (Lipinski definition) is 9. The molecule has 3 aromatic rings. The maximum atomic E-state index is 15.3. The summed E-state index contributed by atoms with van der Waals surface area (Å²) in [5.74, 6) is -2.50. The number of thioether (sulfide) groups is 1. The maximum Gasteiger partial charge on any atom is 0.511 e. The summed E-state index contributed by atoms with van der Waals surface area (Å²) in [6.07, 6.45) is -0.631. The van der Waals surface area contributed by atoms with Crippen LogP contribution in [0.4, 0.5) is 13.6 Å². The zero-order chi connectivity index (χ0) is 29.5. The molecular weight excluding hydrogens is 572 g/mol. The average Bonchev–Trinajstić information content (AvgIpc) is 3.13. The molecule has 2 atom stereocenters. The van der Waals surface area contributed by atoms with Gasteiger partial charge < -0.3 is 23.8 Å². The monoisotopic (exact) mass is 599 g/mol. The number of rotatable bonds is 5. The number of pyridine rings is 1. The molecule has 0 bridgehead atoms. The first-order chi connectivity index (χ1) is 20.3. The molecule has 42 heavy (non-hydrogen) atoms. The van der Waals surface area contributed by atoms with Crippen LogP contribution in [0.3, 0.4) is 0 Å². The first kappa shape index (κ1) is 28.0. The van der Waals surface area contributed by atoms with Crippen molar-refractivity contribution in [1.29, 1.82) is 0 Å². The van der Waals surface area contributed by atoms with Crippen LogP contribution in [0, 0.1) is 11.6 Å². The predicted octanol–water partition coefficient (Wildman–Crippen LogP) is 4.17. The van der Waals surface area contributed by atoms with E-state index in [0.717, 1.165) is 16.5 Å². The lowest BCUT2D eigenvalue weighted by molar-refractivity contribution is -0.0222. The number of morpholine rings is 1. The van der Waals surface area contributed by atoms with Crippen LogP contribution in [0.5, 0.6) is 5.75 Å². The van der Waals surface area contributed by atoms with Crippen LogP contribution in [-0.2, 0) is 20.0 Å². The molecule has 3 aliphatic heterocycles. The van der Waals surface area contributed by atoms with E-state index in [1.807, 2.05) is 29.3 Å². The van der Waals surface area contributed by atoms with Gasteiger partial charge >= 0.3 is 6.16 Å². The Balaban J connectivity index is 1.52. The highest BCUT2D eigenvalue weighted by molar-refractivity contribution is 7.98. The van der Waals surface area contributed by atoms with E-state index in [1.54, 1.807) is 24.8 Å². The Bertz CT molecular complexity index is 1610. The predicted molar refractivity (Wildman–Crippen MR) is 147 cm³/mol. The molecule has 0 saturated carbocycles. The second kappa shape index (κ2) is 11.3. The summed E-state index contributed by atoms with van der Waals surface area (Å²) in [7, 11) is 0. The second-order valence-corrected chi connectivity index (χ2v) is 11.1. The summed E-state index contributed by atoms with van der Waals surface area (Å²) >= 11 is 1.39. The molecule has 220 valence electrons. The molecule has 4 heterocycles. The van der Waals surface area contributed by atoms with Crippen LogP contribution in [0.1, 0.15) is 47.1 Å². The number of fused-ring (bicyclic) bond motifs is 4. The standard InChI is InChI=1S/C29H27F2N3O7S/c1-16(2)41-29(37)40-15-39-27-21(35)9-10-33-26(27)28(36)32-11-12-38-13-23(32)34(33)25-17-7-8-20(30)24(31)19(17)14-42-22-6-4-3-5-18(22)25/h3-10,16,23,25H,11-15H2,1-2H3/t23-,25+/m1/s1. The molecule has 13 heteroatoms. The Labute approximate surface area is 243 Å². The minimum absolute atomic E-state index is 0.0972. The molecular formula is C29H27F2N3O7S. The molecule has 3 aliphatic rings. The fourth-order valence-corrected chi connectivity index (χ4v) is 6.59. The molecule has 1 aromatic heterocycles. The summed E-state index contributed by atoms with van der Waals surface area (Å²) in [6.45, 7) is 3.23. The summed E-state index contributed by atoms with van der Waals surface area (Å²) in [4.78, 5) is 41.3. The number of carbonyl (C=O) groups is 2. The highest BCUT2D eigenvalue weighted by atomic mass is 32.2. The van der Waals surface area contributed by atoms with Gasteiger partial charge in [0.25, 0.3) is 5.91 Å². The summed E-state index contributed by atoms with van der Waals surface area (Å²) in [6, 6.07) is 10.7. The third-order valence-electron chi connectivity index (χ3n) is 7.24. The van der Waals surface area contributed by atoms with Crippen LogP contribution in [-0.4, -0.2) is 60.5 Å². The highest BCUT2D eigenvalue weighted by Crippen LogP contribution is 2.45. The number of hydrogen-bond donors (Lipinski definition) is 0. The lowest BCUT2D eigenvalue weighted by Gasteiger charge is -2.51. The van der Waals surface area contributed by atoms with Gasteiger partial charge in [-0.05, 0) is 37.1 Å². The van der Waals surface area contributed by atoms with E-state index >= 15 is 4.39 Å². The van der Waals surface area contributed by atoms with Crippen molar-refractivity contribution >= 4 is 23.8 Å². The van der Waals surface area contributed by atoms with Crippen molar-refractivity contribution < 1.29 is 37.3 Å². The molecule has 10 nitrogen and oxygen atoms in total. The molecule has 1 saturated heterocycles. The van der Waals surface area contributed by atoms with Crippen LogP contribution in [0.15, 0.2) is 58.4 Å². The van der Waals surface area contributed by atoms with Gasteiger partial charge in [-0.25, -0.2) is 13.6 Å². The van der Waals surface area contributed by atoms with Crippen LogP contribution in [0.2, 0.25) is 0 Å². The third-order valence-corrected chi connectivity index (χ3v) is 8.36. The van der Waals surface area contributed by atoms with Gasteiger partial charge in [-0.15, -0.1) is 11.8 Å². The topological polar surface area (TPSA) is 99.5 Å². The SMILES string of the molecule is CC(C)OC(=O)OCOc1c2n(ccc1=O)N([C@@H]1c3ccccc3SCc3c1ccc(F)c3F)[C@@H]1COCCN1C2=O. The van der Waals surface area contributed by atoms with Crippen molar-refractivity contribution in [2.75, 3.05) is 31.6 Å². The van der Waals surface area contributed by atoms with Crippen molar-refractivity contribution in [1.82, 2.24) is 9.58 Å². The van der Waals surface area contributed by atoms with E-state index in [-0.39, 0.29) is 42.5 Å². The number of halogens is 2. The fraction of sp³-hybridized carbons (Fsp3) is 0.345. The van der Waals surface area contributed by atoms with Crippen LogP contribution < -0.4 is 15.2 Å². The van der Waals surface area contributed by atoms with E-state index in [1.165, 1.54) is 28.7 Å². The minimum atomic E-state index is -0.991. The second-order valence-electron chi connectivity index (χ2n) is 10.1. The molecule has 0 aliphatic carbocycles. The van der Waals surface area contributed by atoms with Gasteiger partial charge in [-0.3, -0.25) is 19.3 Å². The molecule has 2 aromatic carbocycles. The normalized spacial score (nSPS) is 19.3. The molecule has 6 rings (SSSR count). The van der Waals surface area contributed by atoms with Gasteiger partial charge in [0.2, 0.25) is 18.0 Å². The Kier molecular flexibility index (Phi) is 7.54. The molecule has 0 radical (unpaired) electrons. The fourth-order valence-electron chi connectivity index (χ4n) is 5.47. The molecule has 1 fully saturated rings. The van der Waals surface area contributed by atoms with Gasteiger partial charge in [0.1, 0.15) is 6.17 Å². The first-order valence-corrected chi connectivity index (χ1v) is 14.3.